The molecular weight excluding hydrogens is 212 g/mol. The van der Waals surface area contributed by atoms with Gasteiger partial charge in [-0.3, -0.25) is 0 Å². The monoisotopic (exact) mass is 224 g/mol. The van der Waals surface area contributed by atoms with Gasteiger partial charge < -0.3 is 9.47 Å². The first kappa shape index (κ1) is 11.7. The van der Waals surface area contributed by atoms with Crippen LogP contribution in [0.3, 0.4) is 0 Å². The third-order valence-corrected chi connectivity index (χ3v) is 2.23. The molecule has 0 N–H and O–H groups in total. The standard InChI is InChI=1S/C11H12O3S/c1-13-7-9(11(12)14-2)8-5-3-4-6-10(8)15/h3-7,15H,1-2H3/b9-7-. The highest BCUT2D eigenvalue weighted by molar-refractivity contribution is 7.80. The summed E-state index contributed by atoms with van der Waals surface area (Å²) in [5.74, 6) is -0.446. The molecule has 0 saturated heterocycles. The van der Waals surface area contributed by atoms with Crippen molar-refractivity contribution in [2.24, 2.45) is 0 Å². The number of carbonyl (C=O) groups is 1. The van der Waals surface area contributed by atoms with Crippen molar-refractivity contribution in [3.8, 4) is 0 Å². The fourth-order valence-corrected chi connectivity index (χ4v) is 1.43. The molecule has 15 heavy (non-hydrogen) atoms. The Morgan fingerprint density at radius 2 is 2.00 bits per heavy atom. The van der Waals surface area contributed by atoms with Gasteiger partial charge in [-0.25, -0.2) is 4.79 Å². The summed E-state index contributed by atoms with van der Waals surface area (Å²) in [7, 11) is 2.80. The summed E-state index contributed by atoms with van der Waals surface area (Å²) in [6.07, 6.45) is 1.35. The molecule has 0 radical (unpaired) electrons. The Morgan fingerprint density at radius 1 is 1.33 bits per heavy atom. The highest BCUT2D eigenvalue weighted by Crippen LogP contribution is 2.23. The Labute approximate surface area is 94.1 Å². The molecule has 1 aromatic rings. The Kier molecular flexibility index (Phi) is 4.24. The summed E-state index contributed by atoms with van der Waals surface area (Å²) in [4.78, 5) is 12.2. The average molecular weight is 224 g/mol. The first-order valence-electron chi connectivity index (χ1n) is 4.30. The molecule has 0 aliphatic rings. The van der Waals surface area contributed by atoms with Crippen molar-refractivity contribution in [1.82, 2.24) is 0 Å². The largest absolute Gasteiger partial charge is 0.503 e. The Morgan fingerprint density at radius 3 is 2.53 bits per heavy atom. The first-order chi connectivity index (χ1) is 7.20. The van der Waals surface area contributed by atoms with Gasteiger partial charge in [0.05, 0.1) is 20.5 Å². The molecule has 3 nitrogen and oxygen atoms in total. The Hall–Kier alpha value is -1.42. The van der Waals surface area contributed by atoms with Gasteiger partial charge in [0.25, 0.3) is 0 Å². The lowest BCUT2D eigenvalue weighted by molar-refractivity contribution is -0.133. The molecule has 0 atom stereocenters. The van der Waals surface area contributed by atoms with E-state index in [0.29, 0.717) is 16.0 Å². The van der Waals surface area contributed by atoms with Crippen molar-refractivity contribution in [2.75, 3.05) is 14.2 Å². The van der Waals surface area contributed by atoms with E-state index < -0.39 is 5.97 Å². The molecule has 1 aromatic carbocycles. The van der Waals surface area contributed by atoms with Crippen LogP contribution in [0.2, 0.25) is 0 Å². The Bertz CT molecular complexity index is 385. The SMILES string of the molecule is CO/C=C(\C(=O)OC)c1ccccc1S. The molecule has 0 spiro atoms. The zero-order chi connectivity index (χ0) is 11.3. The molecule has 0 aliphatic carbocycles. The third-order valence-electron chi connectivity index (χ3n) is 1.84. The van der Waals surface area contributed by atoms with Crippen LogP contribution in [0, 0.1) is 0 Å². The molecule has 0 fully saturated rings. The lowest BCUT2D eigenvalue weighted by Crippen LogP contribution is -2.05. The number of benzene rings is 1. The van der Waals surface area contributed by atoms with E-state index >= 15 is 0 Å². The number of rotatable bonds is 3. The van der Waals surface area contributed by atoms with Crippen molar-refractivity contribution in [3.63, 3.8) is 0 Å². The summed E-state index contributed by atoms with van der Waals surface area (Å²) in [6.45, 7) is 0. The van der Waals surface area contributed by atoms with E-state index in [1.807, 2.05) is 12.1 Å². The van der Waals surface area contributed by atoms with Gasteiger partial charge >= 0.3 is 5.97 Å². The first-order valence-corrected chi connectivity index (χ1v) is 4.75. The average Bonchev–Trinajstić information content (AvgIpc) is 2.26. The number of carbonyl (C=O) groups excluding carboxylic acids is 1. The summed E-state index contributed by atoms with van der Waals surface area (Å²) >= 11 is 4.26. The predicted molar refractivity (Wildman–Crippen MR) is 60.7 cm³/mol. The van der Waals surface area contributed by atoms with Crippen molar-refractivity contribution in [1.29, 1.82) is 0 Å². The van der Waals surface area contributed by atoms with Gasteiger partial charge in [-0.1, -0.05) is 18.2 Å². The van der Waals surface area contributed by atoms with Crippen LogP contribution in [0.1, 0.15) is 5.56 Å². The van der Waals surface area contributed by atoms with Crippen molar-refractivity contribution in [2.45, 2.75) is 4.90 Å². The molecule has 1 rings (SSSR count). The molecule has 0 bridgehead atoms. The van der Waals surface area contributed by atoms with Gasteiger partial charge in [-0.15, -0.1) is 12.6 Å². The van der Waals surface area contributed by atoms with Gasteiger partial charge in [0.1, 0.15) is 5.57 Å². The minimum Gasteiger partial charge on any atom is -0.503 e. The second-order valence-electron chi connectivity index (χ2n) is 2.78. The van der Waals surface area contributed by atoms with E-state index in [0.717, 1.165) is 0 Å². The van der Waals surface area contributed by atoms with Gasteiger partial charge in [-0.2, -0.15) is 0 Å². The fourth-order valence-electron chi connectivity index (χ4n) is 1.15. The topological polar surface area (TPSA) is 35.5 Å². The third kappa shape index (κ3) is 2.76. The van der Waals surface area contributed by atoms with Crippen molar-refractivity contribution < 1.29 is 14.3 Å². The summed E-state index contributed by atoms with van der Waals surface area (Å²) in [6, 6.07) is 7.24. The van der Waals surface area contributed by atoms with E-state index in [1.165, 1.54) is 20.5 Å². The van der Waals surface area contributed by atoms with Crippen LogP contribution in [-0.4, -0.2) is 20.2 Å². The highest BCUT2D eigenvalue weighted by atomic mass is 32.1. The minimum absolute atomic E-state index is 0.352. The lowest BCUT2D eigenvalue weighted by Gasteiger charge is -2.07. The zero-order valence-electron chi connectivity index (χ0n) is 8.56. The maximum atomic E-state index is 11.5. The van der Waals surface area contributed by atoms with Crippen molar-refractivity contribution in [3.05, 3.63) is 36.1 Å². The Balaban J connectivity index is 3.17. The number of hydrogen-bond acceptors (Lipinski definition) is 4. The van der Waals surface area contributed by atoms with Crippen LogP contribution in [-0.2, 0) is 14.3 Å². The second-order valence-corrected chi connectivity index (χ2v) is 3.26. The lowest BCUT2D eigenvalue weighted by atomic mass is 10.1. The summed E-state index contributed by atoms with van der Waals surface area (Å²) in [5.41, 5.74) is 1.04. The maximum absolute atomic E-state index is 11.5. The van der Waals surface area contributed by atoms with Crippen LogP contribution >= 0.6 is 12.6 Å². The molecule has 4 heteroatoms. The quantitative estimate of drug-likeness (QED) is 0.370. The van der Waals surface area contributed by atoms with E-state index in [1.54, 1.807) is 12.1 Å². The molecule has 0 amide bonds. The van der Waals surface area contributed by atoms with E-state index in [9.17, 15) is 4.79 Å². The molecule has 0 heterocycles. The molecular formula is C11H12O3S. The van der Waals surface area contributed by atoms with Gasteiger partial charge in [0.2, 0.25) is 0 Å². The van der Waals surface area contributed by atoms with Crippen LogP contribution in [0.25, 0.3) is 5.57 Å². The van der Waals surface area contributed by atoms with Crippen LogP contribution in [0.5, 0.6) is 0 Å². The summed E-state index contributed by atoms with van der Waals surface area (Å²) < 4.78 is 9.49. The van der Waals surface area contributed by atoms with E-state index in [4.69, 9.17) is 4.74 Å². The van der Waals surface area contributed by atoms with Gasteiger partial charge in [0.15, 0.2) is 0 Å². The normalized spacial score (nSPS) is 11.0. The van der Waals surface area contributed by atoms with Crippen LogP contribution in [0.4, 0.5) is 0 Å². The number of thiol groups is 1. The van der Waals surface area contributed by atoms with Gasteiger partial charge in [-0.05, 0) is 6.07 Å². The zero-order valence-corrected chi connectivity index (χ0v) is 9.45. The second kappa shape index (κ2) is 5.46. The predicted octanol–water partition coefficient (Wildman–Crippen LogP) is 2.14. The number of esters is 1. The number of methoxy groups -OCH3 is 2. The molecule has 0 aliphatic heterocycles. The number of ether oxygens (including phenoxy) is 2. The molecule has 0 saturated carbocycles. The maximum Gasteiger partial charge on any atom is 0.341 e. The van der Waals surface area contributed by atoms with Gasteiger partial charge in [0, 0.05) is 10.5 Å². The molecule has 0 unspecified atom stereocenters. The number of hydrogen-bond donors (Lipinski definition) is 1. The van der Waals surface area contributed by atoms with Crippen molar-refractivity contribution >= 4 is 24.2 Å². The van der Waals surface area contributed by atoms with E-state index in [2.05, 4.69) is 17.4 Å². The molecule has 80 valence electrons. The fraction of sp³-hybridized carbons (Fsp3) is 0.182. The summed E-state index contributed by atoms with van der Waals surface area (Å²) in [5, 5.41) is 0. The smallest absolute Gasteiger partial charge is 0.341 e. The van der Waals surface area contributed by atoms with Crippen LogP contribution < -0.4 is 0 Å². The minimum atomic E-state index is -0.446. The van der Waals surface area contributed by atoms with Crippen LogP contribution in [0.15, 0.2) is 35.4 Å². The molecule has 0 aromatic heterocycles. The van der Waals surface area contributed by atoms with E-state index in [-0.39, 0.29) is 0 Å². The highest BCUT2D eigenvalue weighted by Gasteiger charge is 2.14.